The van der Waals surface area contributed by atoms with Crippen LogP contribution >= 0.6 is 23.4 Å². The third-order valence-corrected chi connectivity index (χ3v) is 3.92. The summed E-state index contributed by atoms with van der Waals surface area (Å²) in [6, 6.07) is 7.12. The molecule has 102 valence electrons. The van der Waals surface area contributed by atoms with Crippen LogP contribution in [0.1, 0.15) is 10.4 Å². The van der Waals surface area contributed by atoms with Gasteiger partial charge in [-0.3, -0.25) is 10.1 Å². The molecule has 0 unspecified atom stereocenters. The van der Waals surface area contributed by atoms with E-state index in [4.69, 9.17) is 16.7 Å². The van der Waals surface area contributed by atoms with Gasteiger partial charge in [-0.1, -0.05) is 29.4 Å². The van der Waals surface area contributed by atoms with Gasteiger partial charge in [0.15, 0.2) is 0 Å². The fourth-order valence-electron chi connectivity index (χ4n) is 1.47. The van der Waals surface area contributed by atoms with Gasteiger partial charge in [-0.05, 0) is 18.2 Å². The van der Waals surface area contributed by atoms with Gasteiger partial charge in [-0.15, -0.1) is 0 Å². The molecule has 0 atom stereocenters. The lowest BCUT2D eigenvalue weighted by Gasteiger charge is -2.06. The van der Waals surface area contributed by atoms with Crippen molar-refractivity contribution in [2.24, 2.45) is 0 Å². The highest BCUT2D eigenvalue weighted by atomic mass is 35.5. The monoisotopic (exact) mass is 310 g/mol. The number of hydrogen-bond acceptors (Lipinski definition) is 5. The molecule has 2 rings (SSSR count). The minimum atomic E-state index is -1.16. The van der Waals surface area contributed by atoms with Gasteiger partial charge in [0.05, 0.1) is 15.5 Å². The van der Waals surface area contributed by atoms with Gasteiger partial charge >= 0.3 is 5.97 Å². The fraction of sp³-hybridized carbons (Fsp3) is 0. The van der Waals surface area contributed by atoms with Crippen molar-refractivity contribution in [2.45, 2.75) is 9.92 Å². The van der Waals surface area contributed by atoms with Crippen LogP contribution in [-0.4, -0.2) is 21.0 Å². The number of rotatable bonds is 4. The maximum Gasteiger partial charge on any atom is 0.338 e. The Morgan fingerprint density at radius 3 is 2.75 bits per heavy atom. The highest BCUT2D eigenvalue weighted by molar-refractivity contribution is 7.99. The molecule has 0 aliphatic carbocycles. The summed E-state index contributed by atoms with van der Waals surface area (Å²) < 4.78 is 0. The lowest BCUT2D eigenvalue weighted by atomic mass is 10.3. The predicted molar refractivity (Wildman–Crippen MR) is 73.4 cm³/mol. The van der Waals surface area contributed by atoms with Crippen molar-refractivity contribution in [1.82, 2.24) is 4.98 Å². The van der Waals surface area contributed by atoms with Gasteiger partial charge in [0.2, 0.25) is 0 Å². The molecular formula is C12H7ClN2O4S. The topological polar surface area (TPSA) is 93.3 Å². The van der Waals surface area contributed by atoms with Gasteiger partial charge in [0, 0.05) is 12.3 Å². The van der Waals surface area contributed by atoms with Crippen LogP contribution in [0.15, 0.2) is 46.5 Å². The summed E-state index contributed by atoms with van der Waals surface area (Å²) in [5, 5.41) is 20.4. The zero-order valence-electron chi connectivity index (χ0n) is 9.82. The van der Waals surface area contributed by atoms with E-state index in [1.54, 1.807) is 0 Å². The van der Waals surface area contributed by atoms with Gasteiger partial charge in [0.25, 0.3) is 5.69 Å². The Labute approximate surface area is 122 Å². The minimum absolute atomic E-state index is 0.0354. The van der Waals surface area contributed by atoms with E-state index >= 15 is 0 Å². The van der Waals surface area contributed by atoms with Gasteiger partial charge < -0.3 is 5.11 Å². The Bertz CT molecular complexity index is 693. The molecule has 0 aliphatic rings. The third-order valence-electron chi connectivity index (χ3n) is 2.34. The number of pyridine rings is 1. The quantitative estimate of drug-likeness (QED) is 0.686. The first kappa shape index (κ1) is 14.3. The number of benzene rings is 1. The molecule has 8 heteroatoms. The molecule has 0 amide bonds. The number of halogens is 1. The molecule has 1 aromatic carbocycles. The Morgan fingerprint density at radius 1 is 1.35 bits per heavy atom. The summed E-state index contributed by atoms with van der Waals surface area (Å²) in [5.41, 5.74) is -0.226. The second kappa shape index (κ2) is 5.89. The molecule has 0 bridgehead atoms. The predicted octanol–water partition coefficient (Wildman–Crippen LogP) is 3.49. The summed E-state index contributed by atoms with van der Waals surface area (Å²) in [6.45, 7) is 0. The number of carbonyl (C=O) groups is 1. The van der Waals surface area contributed by atoms with Crippen LogP contribution in [0.2, 0.25) is 5.02 Å². The molecular weight excluding hydrogens is 304 g/mol. The maximum absolute atomic E-state index is 11.1. The number of carboxylic acid groups (broad SMARTS) is 1. The van der Waals surface area contributed by atoms with Gasteiger partial charge in [0.1, 0.15) is 9.92 Å². The van der Waals surface area contributed by atoms with Crippen molar-refractivity contribution >= 4 is 35.0 Å². The van der Waals surface area contributed by atoms with Crippen LogP contribution in [0.5, 0.6) is 0 Å². The smallest absolute Gasteiger partial charge is 0.338 e. The van der Waals surface area contributed by atoms with Gasteiger partial charge in [-0.25, -0.2) is 9.78 Å². The SMILES string of the molecule is O=C(O)c1cccnc1Sc1c(Cl)cccc1[N+](=O)[O-]. The lowest BCUT2D eigenvalue weighted by molar-refractivity contribution is -0.387. The molecule has 1 aromatic heterocycles. The third kappa shape index (κ3) is 2.89. The minimum Gasteiger partial charge on any atom is -0.478 e. The summed E-state index contributed by atoms with van der Waals surface area (Å²) in [6.07, 6.45) is 1.41. The molecule has 0 spiro atoms. The van der Waals surface area contributed by atoms with E-state index in [1.165, 1.54) is 36.5 Å². The average Bonchev–Trinajstić information content (AvgIpc) is 2.41. The number of aromatic nitrogens is 1. The highest BCUT2D eigenvalue weighted by Gasteiger charge is 2.21. The molecule has 6 nitrogen and oxygen atoms in total. The van der Waals surface area contributed by atoms with Crippen LogP contribution in [0.25, 0.3) is 0 Å². The van der Waals surface area contributed by atoms with Crippen molar-refractivity contribution in [2.75, 3.05) is 0 Å². The summed E-state index contributed by atoms with van der Waals surface area (Å²) in [4.78, 5) is 25.6. The number of hydrogen-bond donors (Lipinski definition) is 1. The molecule has 1 heterocycles. The van der Waals surface area contributed by atoms with Crippen LogP contribution in [0.3, 0.4) is 0 Å². The second-order valence-corrected chi connectivity index (χ2v) is 5.01. The largest absolute Gasteiger partial charge is 0.478 e. The van der Waals surface area contributed by atoms with Crippen LogP contribution in [-0.2, 0) is 0 Å². The van der Waals surface area contributed by atoms with Crippen LogP contribution in [0, 0.1) is 10.1 Å². The van der Waals surface area contributed by atoms with Crippen LogP contribution < -0.4 is 0 Å². The Morgan fingerprint density at radius 2 is 2.10 bits per heavy atom. The molecule has 0 radical (unpaired) electrons. The normalized spacial score (nSPS) is 10.2. The molecule has 0 saturated heterocycles. The van der Waals surface area contributed by atoms with Crippen molar-refractivity contribution in [3.05, 3.63) is 57.2 Å². The number of aromatic carboxylic acids is 1. The standard InChI is InChI=1S/C12H7ClN2O4S/c13-8-4-1-5-9(15(18)19)10(8)20-11-7(12(16)17)3-2-6-14-11/h1-6H,(H,16,17). The first-order chi connectivity index (χ1) is 9.50. The fourth-order valence-corrected chi connectivity index (χ4v) is 2.74. The molecule has 0 aliphatic heterocycles. The number of nitro benzene ring substituents is 1. The second-order valence-electron chi connectivity index (χ2n) is 3.61. The van der Waals surface area contributed by atoms with Crippen molar-refractivity contribution in [3.63, 3.8) is 0 Å². The Kier molecular flexibility index (Phi) is 4.21. The van der Waals surface area contributed by atoms with E-state index in [-0.39, 0.29) is 26.2 Å². The van der Waals surface area contributed by atoms with E-state index in [9.17, 15) is 14.9 Å². The zero-order valence-corrected chi connectivity index (χ0v) is 11.4. The number of nitro groups is 1. The van der Waals surface area contributed by atoms with E-state index in [0.717, 1.165) is 11.8 Å². The Hall–Kier alpha value is -2.12. The number of carboxylic acids is 1. The molecule has 0 saturated carbocycles. The van der Waals surface area contributed by atoms with Crippen molar-refractivity contribution < 1.29 is 14.8 Å². The maximum atomic E-state index is 11.1. The van der Waals surface area contributed by atoms with Crippen molar-refractivity contribution in [3.8, 4) is 0 Å². The molecule has 20 heavy (non-hydrogen) atoms. The van der Waals surface area contributed by atoms with E-state index in [1.807, 2.05) is 0 Å². The van der Waals surface area contributed by atoms with E-state index < -0.39 is 10.9 Å². The van der Waals surface area contributed by atoms with Crippen molar-refractivity contribution in [1.29, 1.82) is 0 Å². The molecule has 2 aromatic rings. The first-order valence-corrected chi connectivity index (χ1v) is 6.49. The van der Waals surface area contributed by atoms with Gasteiger partial charge in [-0.2, -0.15) is 0 Å². The first-order valence-electron chi connectivity index (χ1n) is 5.29. The zero-order chi connectivity index (χ0) is 14.7. The molecule has 0 fully saturated rings. The average molecular weight is 311 g/mol. The van der Waals surface area contributed by atoms with E-state index in [2.05, 4.69) is 4.98 Å². The summed E-state index contributed by atoms with van der Waals surface area (Å²) >= 11 is 6.81. The lowest BCUT2D eigenvalue weighted by Crippen LogP contribution is -2.00. The highest BCUT2D eigenvalue weighted by Crippen LogP contribution is 2.40. The summed E-state index contributed by atoms with van der Waals surface area (Å²) in [5.74, 6) is -1.16. The summed E-state index contributed by atoms with van der Waals surface area (Å²) in [7, 11) is 0. The van der Waals surface area contributed by atoms with E-state index in [0.29, 0.717) is 0 Å². The molecule has 1 N–H and O–H groups in total. The Balaban J connectivity index is 2.51. The number of nitrogens with zero attached hydrogens (tertiary/aromatic N) is 2. The van der Waals surface area contributed by atoms with Crippen LogP contribution in [0.4, 0.5) is 5.69 Å².